The number of ether oxygens (including phenoxy) is 1. The summed E-state index contributed by atoms with van der Waals surface area (Å²) in [6.07, 6.45) is 0.991. The lowest BCUT2D eigenvalue weighted by atomic mass is 10.2. The van der Waals surface area contributed by atoms with E-state index in [-0.39, 0.29) is 0 Å². The van der Waals surface area contributed by atoms with E-state index < -0.39 is 6.10 Å². The highest BCUT2D eigenvalue weighted by Crippen LogP contribution is 2.23. The van der Waals surface area contributed by atoms with Gasteiger partial charge in [0, 0.05) is 13.2 Å². The highest BCUT2D eigenvalue weighted by atomic mass is 32.1. The molecule has 104 valence electrons. The zero-order valence-electron chi connectivity index (χ0n) is 11.2. The number of anilines is 1. The Kier molecular flexibility index (Phi) is 5.07. The molecule has 0 aliphatic rings. The summed E-state index contributed by atoms with van der Waals surface area (Å²) >= 11 is 1.57. The summed E-state index contributed by atoms with van der Waals surface area (Å²) in [6, 6.07) is 1.98. The number of aliphatic hydroxyl groups is 1. The summed E-state index contributed by atoms with van der Waals surface area (Å²) in [5, 5.41) is 15.9. The lowest BCUT2D eigenvalue weighted by molar-refractivity contribution is 0.0317. The molecule has 0 radical (unpaired) electrons. The lowest BCUT2D eigenvalue weighted by Gasteiger charge is -2.14. The van der Waals surface area contributed by atoms with Crippen molar-refractivity contribution in [2.75, 3.05) is 25.1 Å². The highest BCUT2D eigenvalue weighted by molar-refractivity contribution is 7.16. The van der Waals surface area contributed by atoms with Crippen LogP contribution in [0, 0.1) is 5.92 Å². The molecule has 2 rings (SSSR count). The molecule has 0 saturated heterocycles. The van der Waals surface area contributed by atoms with Gasteiger partial charge in [-0.05, 0) is 17.4 Å². The molecule has 1 atom stereocenters. The van der Waals surface area contributed by atoms with Crippen LogP contribution in [0.2, 0.25) is 0 Å². The van der Waals surface area contributed by atoms with Crippen LogP contribution in [0.5, 0.6) is 0 Å². The maximum absolute atomic E-state index is 9.82. The van der Waals surface area contributed by atoms with Crippen LogP contribution in [0.4, 0.5) is 5.82 Å². The Bertz CT molecular complexity index is 515. The van der Waals surface area contributed by atoms with Crippen LogP contribution in [0.1, 0.15) is 13.8 Å². The van der Waals surface area contributed by atoms with Crippen molar-refractivity contribution in [3.05, 3.63) is 17.8 Å². The van der Waals surface area contributed by atoms with E-state index in [4.69, 9.17) is 4.74 Å². The van der Waals surface area contributed by atoms with Crippen LogP contribution in [-0.4, -0.2) is 40.9 Å². The normalized spacial score (nSPS) is 13.1. The standard InChI is InChI=1S/C13H19N3O2S/c1-9(2)6-18-7-10(17)5-14-12-11-3-4-19-13(11)16-8-15-12/h3-4,8-10,17H,5-7H2,1-2H3,(H,14,15,16)/t10-/m1/s1. The Morgan fingerprint density at radius 2 is 2.21 bits per heavy atom. The summed E-state index contributed by atoms with van der Waals surface area (Å²) in [4.78, 5) is 9.32. The Balaban J connectivity index is 1.83. The third-order valence-electron chi connectivity index (χ3n) is 2.53. The van der Waals surface area contributed by atoms with Gasteiger partial charge in [-0.1, -0.05) is 13.8 Å². The number of fused-ring (bicyclic) bond motifs is 1. The SMILES string of the molecule is CC(C)COC[C@H](O)CNc1ncnc2sccc12. The van der Waals surface area contributed by atoms with Crippen molar-refractivity contribution in [3.8, 4) is 0 Å². The van der Waals surface area contributed by atoms with Crippen LogP contribution >= 0.6 is 11.3 Å². The number of rotatable bonds is 7. The van der Waals surface area contributed by atoms with Crippen molar-refractivity contribution in [1.29, 1.82) is 0 Å². The van der Waals surface area contributed by atoms with E-state index in [0.29, 0.717) is 25.7 Å². The van der Waals surface area contributed by atoms with Gasteiger partial charge in [-0.3, -0.25) is 0 Å². The van der Waals surface area contributed by atoms with E-state index >= 15 is 0 Å². The van der Waals surface area contributed by atoms with Gasteiger partial charge in [-0.25, -0.2) is 9.97 Å². The summed E-state index contributed by atoms with van der Waals surface area (Å²) in [7, 11) is 0. The first-order valence-electron chi connectivity index (χ1n) is 6.34. The van der Waals surface area contributed by atoms with Crippen LogP contribution in [-0.2, 0) is 4.74 Å². The van der Waals surface area contributed by atoms with E-state index in [2.05, 4.69) is 29.1 Å². The summed E-state index contributed by atoms with van der Waals surface area (Å²) in [5.74, 6) is 1.24. The monoisotopic (exact) mass is 281 g/mol. The maximum atomic E-state index is 9.82. The Morgan fingerprint density at radius 3 is 3.00 bits per heavy atom. The molecule has 2 N–H and O–H groups in total. The minimum Gasteiger partial charge on any atom is -0.389 e. The molecule has 5 nitrogen and oxygen atoms in total. The van der Waals surface area contributed by atoms with Crippen LogP contribution in [0.3, 0.4) is 0 Å². The molecule has 0 saturated carbocycles. The second-order valence-corrected chi connectivity index (χ2v) is 5.72. The molecule has 0 aliphatic heterocycles. The van der Waals surface area contributed by atoms with Crippen molar-refractivity contribution in [2.24, 2.45) is 5.92 Å². The van der Waals surface area contributed by atoms with E-state index in [1.54, 1.807) is 11.3 Å². The van der Waals surface area contributed by atoms with Crippen LogP contribution in [0.25, 0.3) is 10.2 Å². The molecule has 0 bridgehead atoms. The van der Waals surface area contributed by atoms with E-state index in [1.165, 1.54) is 6.33 Å². The molecule has 2 aromatic rings. The zero-order chi connectivity index (χ0) is 13.7. The van der Waals surface area contributed by atoms with Gasteiger partial charge in [-0.15, -0.1) is 11.3 Å². The van der Waals surface area contributed by atoms with Gasteiger partial charge in [0.1, 0.15) is 17.0 Å². The molecular formula is C13H19N3O2S. The molecular weight excluding hydrogens is 262 g/mol. The Hall–Kier alpha value is -1.24. The quantitative estimate of drug-likeness (QED) is 0.814. The minimum absolute atomic E-state index is 0.336. The fourth-order valence-corrected chi connectivity index (χ4v) is 2.38. The maximum Gasteiger partial charge on any atom is 0.138 e. The first-order valence-corrected chi connectivity index (χ1v) is 7.22. The molecule has 2 heterocycles. The number of aromatic nitrogens is 2. The number of aliphatic hydroxyl groups excluding tert-OH is 1. The third kappa shape index (κ3) is 4.12. The molecule has 0 aromatic carbocycles. The van der Waals surface area contributed by atoms with Gasteiger partial charge in [0.25, 0.3) is 0 Å². The number of thiophene rings is 1. The number of hydrogen-bond acceptors (Lipinski definition) is 6. The average molecular weight is 281 g/mol. The molecule has 19 heavy (non-hydrogen) atoms. The average Bonchev–Trinajstić information content (AvgIpc) is 2.84. The summed E-state index contributed by atoms with van der Waals surface area (Å²) in [6.45, 7) is 5.58. The van der Waals surface area contributed by atoms with Gasteiger partial charge in [-0.2, -0.15) is 0 Å². The molecule has 0 aliphatic carbocycles. The third-order valence-corrected chi connectivity index (χ3v) is 3.35. The van der Waals surface area contributed by atoms with Crippen molar-refractivity contribution in [2.45, 2.75) is 20.0 Å². The first-order chi connectivity index (χ1) is 9.16. The second-order valence-electron chi connectivity index (χ2n) is 4.83. The van der Waals surface area contributed by atoms with Gasteiger partial charge in [0.15, 0.2) is 0 Å². The lowest BCUT2D eigenvalue weighted by Crippen LogP contribution is -2.26. The second kappa shape index (κ2) is 6.79. The zero-order valence-corrected chi connectivity index (χ0v) is 12.0. The largest absolute Gasteiger partial charge is 0.389 e. The first kappa shape index (κ1) is 14.2. The van der Waals surface area contributed by atoms with E-state index in [0.717, 1.165) is 16.0 Å². The molecule has 2 aromatic heterocycles. The topological polar surface area (TPSA) is 67.3 Å². The fourth-order valence-electron chi connectivity index (χ4n) is 1.64. The number of nitrogens with one attached hydrogen (secondary N) is 1. The van der Waals surface area contributed by atoms with Gasteiger partial charge in [0.2, 0.25) is 0 Å². The predicted octanol–water partition coefficient (Wildman–Crippen LogP) is 2.14. The van der Waals surface area contributed by atoms with Crippen LogP contribution < -0.4 is 5.32 Å². The Labute approximate surface area is 116 Å². The predicted molar refractivity (Wildman–Crippen MR) is 77.6 cm³/mol. The molecule has 6 heteroatoms. The number of nitrogens with zero attached hydrogens (tertiary/aromatic N) is 2. The number of hydrogen-bond donors (Lipinski definition) is 2. The highest BCUT2D eigenvalue weighted by Gasteiger charge is 2.08. The summed E-state index contributed by atoms with van der Waals surface area (Å²) in [5.41, 5.74) is 0. The molecule has 0 amide bonds. The smallest absolute Gasteiger partial charge is 0.138 e. The van der Waals surface area contributed by atoms with E-state index in [9.17, 15) is 5.11 Å². The van der Waals surface area contributed by atoms with Crippen molar-refractivity contribution < 1.29 is 9.84 Å². The molecule has 0 fully saturated rings. The molecule has 0 unspecified atom stereocenters. The van der Waals surface area contributed by atoms with Crippen molar-refractivity contribution >= 4 is 27.4 Å². The summed E-state index contributed by atoms with van der Waals surface area (Å²) < 4.78 is 5.40. The molecule has 0 spiro atoms. The van der Waals surface area contributed by atoms with Crippen molar-refractivity contribution in [1.82, 2.24) is 9.97 Å². The van der Waals surface area contributed by atoms with E-state index in [1.807, 2.05) is 11.4 Å². The Morgan fingerprint density at radius 1 is 1.37 bits per heavy atom. The minimum atomic E-state index is -0.539. The van der Waals surface area contributed by atoms with Gasteiger partial charge in [0.05, 0.1) is 18.1 Å². The fraction of sp³-hybridized carbons (Fsp3) is 0.538. The van der Waals surface area contributed by atoms with Crippen molar-refractivity contribution in [3.63, 3.8) is 0 Å². The van der Waals surface area contributed by atoms with Gasteiger partial charge >= 0.3 is 0 Å². The van der Waals surface area contributed by atoms with Gasteiger partial charge < -0.3 is 15.2 Å². The van der Waals surface area contributed by atoms with Crippen LogP contribution in [0.15, 0.2) is 17.8 Å².